The fraction of sp³-hybridized carbons (Fsp3) is 0.714. The van der Waals surface area contributed by atoms with Gasteiger partial charge in [0.1, 0.15) is 17.3 Å². The van der Waals surface area contributed by atoms with Crippen LogP contribution in [0.25, 0.3) is 11.5 Å². The lowest BCUT2D eigenvalue weighted by Crippen LogP contribution is -2.48. The number of carboxylic acid groups (broad SMARTS) is 1. The van der Waals surface area contributed by atoms with Gasteiger partial charge in [-0.1, -0.05) is 13.8 Å². The van der Waals surface area contributed by atoms with Gasteiger partial charge in [0.05, 0.1) is 5.41 Å². The summed E-state index contributed by atoms with van der Waals surface area (Å²) in [4.78, 5) is 34.8. The van der Waals surface area contributed by atoms with E-state index in [1.165, 1.54) is 0 Å². The smallest absolute Gasteiger partial charge is 0.331 e. The zero-order valence-electron chi connectivity index (χ0n) is 17.2. The number of fused-ring (bicyclic) bond motifs is 6. The molecular weight excluding hydrogens is 370 g/mol. The number of imidazole rings is 1. The van der Waals surface area contributed by atoms with Gasteiger partial charge < -0.3 is 10.4 Å². The second-order valence-corrected chi connectivity index (χ2v) is 9.23. The van der Waals surface area contributed by atoms with E-state index in [2.05, 4.69) is 19.2 Å². The molecule has 0 unspecified atom stereocenters. The second kappa shape index (κ2) is 6.31. The van der Waals surface area contributed by atoms with Gasteiger partial charge in [-0.2, -0.15) is 0 Å². The van der Waals surface area contributed by atoms with Crippen LogP contribution >= 0.6 is 0 Å². The predicted molar refractivity (Wildman–Crippen MR) is 108 cm³/mol. The maximum Gasteiger partial charge on any atom is 0.331 e. The molecule has 3 heterocycles. The van der Waals surface area contributed by atoms with Crippen LogP contribution in [0.15, 0.2) is 4.79 Å². The molecule has 8 nitrogen and oxygen atoms in total. The minimum atomic E-state index is -0.653. The molecule has 2 bridgehead atoms. The molecule has 1 atom stereocenters. The standard InChI is InChI=1S/C21H29N5O3/c1-3-11-25-16-14(15-22-13(4-2)12-26(15)19(25)29)23-17(24-16)20-5-8-21(9-6-20,10-7-20)18(27)28/h13,22H,3-12H2,1-2H3,(H,27,28)/t13-,20?,21?/m0/s1. The maximum atomic E-state index is 13.1. The van der Waals surface area contributed by atoms with Gasteiger partial charge in [-0.25, -0.2) is 14.8 Å². The van der Waals surface area contributed by atoms with E-state index in [0.29, 0.717) is 38.2 Å². The molecule has 0 amide bonds. The fourth-order valence-electron chi connectivity index (χ4n) is 5.65. The molecule has 156 valence electrons. The Kier molecular flexibility index (Phi) is 4.05. The molecule has 3 fully saturated rings. The number of hydrogen-bond acceptors (Lipinski definition) is 5. The van der Waals surface area contributed by atoms with E-state index in [-0.39, 0.29) is 17.1 Å². The molecular formula is C21H29N5O3. The third-order valence-electron chi connectivity index (χ3n) is 7.71. The van der Waals surface area contributed by atoms with E-state index >= 15 is 0 Å². The number of nitrogens with one attached hydrogen (secondary N) is 1. The third kappa shape index (κ3) is 2.50. The normalized spacial score (nSPS) is 30.5. The van der Waals surface area contributed by atoms with Gasteiger partial charge in [0.25, 0.3) is 0 Å². The summed E-state index contributed by atoms with van der Waals surface area (Å²) in [7, 11) is 0. The topological polar surface area (TPSA) is 102 Å². The summed E-state index contributed by atoms with van der Waals surface area (Å²) in [6, 6.07) is 0.238. The first-order chi connectivity index (χ1) is 13.9. The number of carbonyl (C=O) groups is 1. The first-order valence-electron chi connectivity index (χ1n) is 10.9. The SMILES string of the molecule is CCCn1c2nc(C34CCC(C(=O)O)(CC3)CC4)nc-2c2n(c1=O)C[C@H](CC)N2. The molecule has 0 aromatic heterocycles. The number of anilines is 1. The highest BCUT2D eigenvalue weighted by Crippen LogP contribution is 2.57. The van der Waals surface area contributed by atoms with Crippen molar-refractivity contribution >= 4 is 11.8 Å². The Morgan fingerprint density at radius 3 is 2.45 bits per heavy atom. The molecule has 8 heteroatoms. The number of aliphatic carboxylic acids is 1. The van der Waals surface area contributed by atoms with Crippen LogP contribution in [0.2, 0.25) is 0 Å². The lowest BCUT2D eigenvalue weighted by molar-refractivity contribution is -0.156. The van der Waals surface area contributed by atoms with Gasteiger partial charge in [-0.05, 0) is 51.4 Å². The quantitative estimate of drug-likeness (QED) is 0.802. The third-order valence-corrected chi connectivity index (χ3v) is 7.71. The van der Waals surface area contributed by atoms with Gasteiger partial charge in [-0.3, -0.25) is 13.9 Å². The first-order valence-corrected chi connectivity index (χ1v) is 10.9. The van der Waals surface area contributed by atoms with Gasteiger partial charge in [-0.15, -0.1) is 0 Å². The van der Waals surface area contributed by atoms with Crippen LogP contribution in [0.5, 0.6) is 0 Å². The zero-order chi connectivity index (χ0) is 20.4. The highest BCUT2D eigenvalue weighted by Gasteiger charge is 2.55. The van der Waals surface area contributed by atoms with E-state index < -0.39 is 11.4 Å². The summed E-state index contributed by atoms with van der Waals surface area (Å²) in [5.41, 5.74) is 0.0762. The summed E-state index contributed by atoms with van der Waals surface area (Å²) in [6.45, 7) is 5.47. The van der Waals surface area contributed by atoms with Crippen LogP contribution in [-0.2, 0) is 23.3 Å². The van der Waals surface area contributed by atoms with Crippen molar-refractivity contribution in [3.63, 3.8) is 0 Å². The lowest BCUT2D eigenvalue weighted by atomic mass is 9.53. The van der Waals surface area contributed by atoms with E-state index in [9.17, 15) is 14.7 Å². The highest BCUT2D eigenvalue weighted by atomic mass is 16.4. The van der Waals surface area contributed by atoms with Crippen molar-refractivity contribution in [3.8, 4) is 11.5 Å². The van der Waals surface area contributed by atoms with Crippen LogP contribution < -0.4 is 11.0 Å². The number of nitrogens with zero attached hydrogens (tertiary/aromatic N) is 4. The molecule has 2 N–H and O–H groups in total. The van der Waals surface area contributed by atoms with Gasteiger partial charge in [0.15, 0.2) is 5.82 Å². The van der Waals surface area contributed by atoms with Crippen molar-refractivity contribution in [1.82, 2.24) is 19.1 Å². The van der Waals surface area contributed by atoms with Gasteiger partial charge in [0.2, 0.25) is 0 Å². The van der Waals surface area contributed by atoms with E-state index in [0.717, 1.165) is 49.4 Å². The Morgan fingerprint density at radius 2 is 1.86 bits per heavy atom. The molecule has 0 radical (unpaired) electrons. The van der Waals surface area contributed by atoms with E-state index in [1.54, 1.807) is 4.57 Å². The Bertz CT molecular complexity index is 982. The minimum Gasteiger partial charge on any atom is -0.481 e. The largest absolute Gasteiger partial charge is 0.481 e. The molecule has 3 saturated carbocycles. The average Bonchev–Trinajstić information content (AvgIpc) is 3.37. The number of carboxylic acids is 1. The Morgan fingerprint density at radius 1 is 1.17 bits per heavy atom. The van der Waals surface area contributed by atoms with Gasteiger partial charge in [0, 0.05) is 24.5 Å². The monoisotopic (exact) mass is 399 g/mol. The van der Waals surface area contributed by atoms with Crippen LogP contribution in [0.1, 0.15) is 71.0 Å². The number of hydrogen-bond donors (Lipinski definition) is 2. The molecule has 0 saturated heterocycles. The van der Waals surface area contributed by atoms with Crippen LogP contribution in [-0.4, -0.2) is 36.2 Å². The highest BCUT2D eigenvalue weighted by molar-refractivity contribution is 5.75. The summed E-state index contributed by atoms with van der Waals surface area (Å²) >= 11 is 0. The molecule has 0 spiro atoms. The fourth-order valence-corrected chi connectivity index (χ4v) is 5.65. The predicted octanol–water partition coefficient (Wildman–Crippen LogP) is 2.84. The average molecular weight is 399 g/mol. The molecule has 6 rings (SSSR count). The second-order valence-electron chi connectivity index (χ2n) is 9.23. The van der Waals surface area contributed by atoms with E-state index in [1.807, 2.05) is 4.57 Å². The molecule has 3 aliphatic carbocycles. The lowest BCUT2D eigenvalue weighted by Gasteiger charge is -2.50. The first kappa shape index (κ1) is 18.6. The number of rotatable bonds is 5. The Labute approximate surface area is 169 Å². The van der Waals surface area contributed by atoms with Crippen LogP contribution in [0.4, 0.5) is 5.82 Å². The minimum absolute atomic E-state index is 0.0149. The summed E-state index contributed by atoms with van der Waals surface area (Å²) in [5, 5.41) is 13.2. The maximum absolute atomic E-state index is 13.1. The molecule has 29 heavy (non-hydrogen) atoms. The van der Waals surface area contributed by atoms with Crippen LogP contribution in [0, 0.1) is 5.41 Å². The molecule has 0 aromatic rings. The Hall–Kier alpha value is -2.38. The van der Waals surface area contributed by atoms with Crippen molar-refractivity contribution < 1.29 is 9.90 Å². The zero-order valence-corrected chi connectivity index (χ0v) is 17.2. The number of aromatic nitrogens is 4. The van der Waals surface area contributed by atoms with Crippen LogP contribution in [0.3, 0.4) is 0 Å². The molecule has 3 aliphatic heterocycles. The van der Waals surface area contributed by atoms with Crippen molar-refractivity contribution in [2.45, 2.75) is 89.8 Å². The van der Waals surface area contributed by atoms with Gasteiger partial charge >= 0.3 is 11.7 Å². The van der Waals surface area contributed by atoms with Crippen molar-refractivity contribution in [2.75, 3.05) is 5.32 Å². The van der Waals surface area contributed by atoms with E-state index in [4.69, 9.17) is 9.97 Å². The Balaban J connectivity index is 1.61. The van der Waals surface area contributed by atoms with Crippen molar-refractivity contribution in [1.29, 1.82) is 0 Å². The molecule has 0 aromatic carbocycles. The molecule has 6 aliphatic rings. The summed E-state index contributed by atoms with van der Waals surface area (Å²) < 4.78 is 3.60. The summed E-state index contributed by atoms with van der Waals surface area (Å²) in [5.74, 6) is 1.63. The van der Waals surface area contributed by atoms with Crippen molar-refractivity contribution in [2.24, 2.45) is 5.41 Å². The van der Waals surface area contributed by atoms with Crippen molar-refractivity contribution in [3.05, 3.63) is 16.3 Å². The summed E-state index contributed by atoms with van der Waals surface area (Å²) in [6.07, 6.45) is 6.32.